The molecule has 1 aromatic carbocycles. The van der Waals surface area contributed by atoms with Crippen molar-refractivity contribution in [3.63, 3.8) is 0 Å². The summed E-state index contributed by atoms with van der Waals surface area (Å²) in [5.41, 5.74) is 4.70. The zero-order chi connectivity index (χ0) is 15.6. The fourth-order valence-corrected chi connectivity index (χ4v) is 2.39. The van der Waals surface area contributed by atoms with Crippen LogP contribution in [0.25, 0.3) is 0 Å². The third-order valence-corrected chi connectivity index (χ3v) is 3.46. The number of carbonyl (C=O) groups is 1. The molecule has 1 heterocycles. The second-order valence-corrected chi connectivity index (χ2v) is 4.86. The molecule has 1 unspecified atom stereocenters. The number of benzene rings is 1. The van der Waals surface area contributed by atoms with Crippen molar-refractivity contribution >= 4 is 11.7 Å². The van der Waals surface area contributed by atoms with Gasteiger partial charge in [0.2, 0.25) is 0 Å². The number of nitrogens with two attached hydrogens (primary N) is 1. The lowest BCUT2D eigenvalue weighted by molar-refractivity contribution is 0.0691. The second-order valence-electron chi connectivity index (χ2n) is 4.86. The first-order chi connectivity index (χ1) is 9.93. The van der Waals surface area contributed by atoms with Gasteiger partial charge in [0, 0.05) is 31.1 Å². The van der Waals surface area contributed by atoms with Gasteiger partial charge in [0.1, 0.15) is 28.9 Å². The minimum absolute atomic E-state index is 0.0347. The Kier molecular flexibility index (Phi) is 4.35. The number of hydrogen-bond donors (Lipinski definition) is 2. The molecular weight excluding hydrogens is 287 g/mol. The average Bonchev–Trinajstić information content (AvgIpc) is 2.45. The molecule has 2 rings (SSSR count). The molecule has 3 N–H and O–H groups in total. The number of amidine groups is 1. The molecule has 0 aromatic heterocycles. The summed E-state index contributed by atoms with van der Waals surface area (Å²) in [5.74, 6) is -4.87. The van der Waals surface area contributed by atoms with E-state index in [2.05, 4.69) is 5.16 Å². The van der Waals surface area contributed by atoms with E-state index in [1.165, 1.54) is 4.90 Å². The van der Waals surface area contributed by atoms with Crippen molar-refractivity contribution in [2.24, 2.45) is 16.8 Å². The smallest absolute Gasteiger partial charge is 0.259 e. The molecule has 1 aliphatic rings. The maximum Gasteiger partial charge on any atom is 0.259 e. The number of hydrogen-bond acceptors (Lipinski definition) is 3. The number of amides is 1. The molecule has 0 bridgehead atoms. The highest BCUT2D eigenvalue weighted by atomic mass is 19.1. The van der Waals surface area contributed by atoms with E-state index < -0.39 is 28.9 Å². The van der Waals surface area contributed by atoms with Crippen molar-refractivity contribution < 1.29 is 23.2 Å². The van der Waals surface area contributed by atoms with Crippen LogP contribution in [0.5, 0.6) is 0 Å². The third kappa shape index (κ3) is 3.09. The van der Waals surface area contributed by atoms with Crippen LogP contribution in [-0.4, -0.2) is 34.9 Å². The molecule has 0 radical (unpaired) electrons. The minimum atomic E-state index is -1.25. The lowest BCUT2D eigenvalue weighted by Gasteiger charge is -2.32. The SMILES string of the molecule is NC(=NO)C1CCCN(C(=O)c2c(F)cc(F)cc2F)C1. The topological polar surface area (TPSA) is 78.9 Å². The Morgan fingerprint density at radius 1 is 1.33 bits per heavy atom. The quantitative estimate of drug-likeness (QED) is 0.378. The first-order valence-electron chi connectivity index (χ1n) is 6.35. The van der Waals surface area contributed by atoms with Crippen molar-refractivity contribution in [1.29, 1.82) is 0 Å². The molecule has 1 aromatic rings. The molecule has 1 atom stereocenters. The summed E-state index contributed by atoms with van der Waals surface area (Å²) in [5, 5.41) is 11.5. The van der Waals surface area contributed by atoms with E-state index >= 15 is 0 Å². The predicted octanol–water partition coefficient (Wildman–Crippen LogP) is 1.70. The van der Waals surface area contributed by atoms with E-state index in [1.54, 1.807) is 0 Å². The number of nitrogens with zero attached hydrogens (tertiary/aromatic N) is 2. The summed E-state index contributed by atoms with van der Waals surface area (Å²) in [7, 11) is 0. The molecule has 0 saturated carbocycles. The summed E-state index contributed by atoms with van der Waals surface area (Å²) in [6.07, 6.45) is 1.16. The molecule has 5 nitrogen and oxygen atoms in total. The lowest BCUT2D eigenvalue weighted by Crippen LogP contribution is -2.44. The molecule has 1 aliphatic heterocycles. The summed E-state index contributed by atoms with van der Waals surface area (Å²) in [6, 6.07) is 0.919. The van der Waals surface area contributed by atoms with E-state index in [4.69, 9.17) is 10.9 Å². The Morgan fingerprint density at radius 3 is 2.52 bits per heavy atom. The molecule has 114 valence electrons. The largest absolute Gasteiger partial charge is 0.409 e. The zero-order valence-electron chi connectivity index (χ0n) is 11.0. The van der Waals surface area contributed by atoms with Crippen molar-refractivity contribution in [2.45, 2.75) is 12.8 Å². The van der Waals surface area contributed by atoms with Crippen LogP contribution in [0.3, 0.4) is 0 Å². The number of oxime groups is 1. The zero-order valence-corrected chi connectivity index (χ0v) is 11.0. The van der Waals surface area contributed by atoms with E-state index in [-0.39, 0.29) is 18.3 Å². The van der Waals surface area contributed by atoms with Crippen LogP contribution in [0.1, 0.15) is 23.2 Å². The van der Waals surface area contributed by atoms with Crippen molar-refractivity contribution in [1.82, 2.24) is 4.90 Å². The Hall–Kier alpha value is -2.25. The molecule has 0 aliphatic carbocycles. The second kappa shape index (κ2) is 6.02. The molecule has 1 amide bonds. The average molecular weight is 301 g/mol. The first-order valence-corrected chi connectivity index (χ1v) is 6.35. The van der Waals surface area contributed by atoms with Gasteiger partial charge >= 0.3 is 0 Å². The normalized spacial score (nSPS) is 19.7. The third-order valence-electron chi connectivity index (χ3n) is 3.46. The van der Waals surface area contributed by atoms with Crippen LogP contribution in [0.15, 0.2) is 17.3 Å². The van der Waals surface area contributed by atoms with Crippen LogP contribution in [-0.2, 0) is 0 Å². The monoisotopic (exact) mass is 301 g/mol. The molecule has 0 spiro atoms. The predicted molar refractivity (Wildman–Crippen MR) is 68.4 cm³/mol. The molecule has 1 saturated heterocycles. The van der Waals surface area contributed by atoms with E-state index in [9.17, 15) is 18.0 Å². The van der Waals surface area contributed by atoms with Gasteiger partial charge in [-0.15, -0.1) is 0 Å². The van der Waals surface area contributed by atoms with Gasteiger partial charge in [-0.05, 0) is 12.8 Å². The number of carbonyl (C=O) groups excluding carboxylic acids is 1. The number of likely N-dealkylation sites (tertiary alicyclic amines) is 1. The molecule has 21 heavy (non-hydrogen) atoms. The van der Waals surface area contributed by atoms with Crippen LogP contribution in [0, 0.1) is 23.4 Å². The maximum absolute atomic E-state index is 13.6. The van der Waals surface area contributed by atoms with E-state index in [0.717, 1.165) is 0 Å². The summed E-state index contributed by atoms with van der Waals surface area (Å²) in [6.45, 7) is 0.384. The Balaban J connectivity index is 2.24. The van der Waals surface area contributed by atoms with Crippen molar-refractivity contribution in [3.8, 4) is 0 Å². The highest BCUT2D eigenvalue weighted by Gasteiger charge is 2.30. The fraction of sp³-hybridized carbons (Fsp3) is 0.385. The molecular formula is C13H14F3N3O2. The highest BCUT2D eigenvalue weighted by Crippen LogP contribution is 2.22. The maximum atomic E-state index is 13.6. The van der Waals surface area contributed by atoms with Gasteiger partial charge in [0.25, 0.3) is 5.91 Å². The van der Waals surface area contributed by atoms with E-state index in [0.29, 0.717) is 31.5 Å². The molecule has 1 fully saturated rings. The Morgan fingerprint density at radius 2 is 1.95 bits per heavy atom. The fourth-order valence-electron chi connectivity index (χ4n) is 2.39. The van der Waals surface area contributed by atoms with Crippen molar-refractivity contribution in [2.75, 3.05) is 13.1 Å². The number of piperidine rings is 1. The number of rotatable bonds is 2. The summed E-state index contributed by atoms with van der Waals surface area (Å²) < 4.78 is 40.1. The molecule has 8 heteroatoms. The number of halogens is 3. The summed E-state index contributed by atoms with van der Waals surface area (Å²) in [4.78, 5) is 13.4. The van der Waals surface area contributed by atoms with Gasteiger partial charge in [-0.3, -0.25) is 4.79 Å². The lowest BCUT2D eigenvalue weighted by atomic mass is 9.96. The minimum Gasteiger partial charge on any atom is -0.409 e. The highest BCUT2D eigenvalue weighted by molar-refractivity contribution is 5.95. The van der Waals surface area contributed by atoms with Crippen LogP contribution in [0.2, 0.25) is 0 Å². The standard InChI is InChI=1S/C13H14F3N3O2/c14-8-4-9(15)11(10(16)5-8)13(20)19-3-1-2-7(6-19)12(17)18-21/h4-5,7,21H,1-3,6H2,(H2,17,18). The Labute approximate surface area is 118 Å². The summed E-state index contributed by atoms with van der Waals surface area (Å²) >= 11 is 0. The van der Waals surface area contributed by atoms with E-state index in [1.807, 2.05) is 0 Å². The van der Waals surface area contributed by atoms with Gasteiger partial charge in [-0.1, -0.05) is 5.16 Å². The van der Waals surface area contributed by atoms with Gasteiger partial charge in [0.15, 0.2) is 0 Å². The van der Waals surface area contributed by atoms with Crippen LogP contribution in [0.4, 0.5) is 13.2 Å². The van der Waals surface area contributed by atoms with Gasteiger partial charge in [-0.25, -0.2) is 13.2 Å². The van der Waals surface area contributed by atoms with Gasteiger partial charge in [-0.2, -0.15) is 0 Å². The van der Waals surface area contributed by atoms with Gasteiger partial charge in [0.05, 0.1) is 0 Å². The van der Waals surface area contributed by atoms with Crippen LogP contribution < -0.4 is 5.73 Å². The Bertz CT molecular complexity index is 569. The van der Waals surface area contributed by atoms with Crippen LogP contribution >= 0.6 is 0 Å². The first kappa shape index (κ1) is 15.1. The van der Waals surface area contributed by atoms with Crippen molar-refractivity contribution in [3.05, 3.63) is 35.1 Å². The van der Waals surface area contributed by atoms with Gasteiger partial charge < -0.3 is 15.8 Å².